The van der Waals surface area contributed by atoms with Crippen molar-refractivity contribution in [2.75, 3.05) is 14.2 Å². The van der Waals surface area contributed by atoms with Crippen LogP contribution in [0.3, 0.4) is 0 Å². The van der Waals surface area contributed by atoms with Gasteiger partial charge in [0.15, 0.2) is 11.5 Å². The number of furan rings is 1. The Morgan fingerprint density at radius 3 is 2.50 bits per heavy atom. The van der Waals surface area contributed by atoms with E-state index in [4.69, 9.17) is 18.6 Å². The highest BCUT2D eigenvalue weighted by molar-refractivity contribution is 5.90. The Hall–Kier alpha value is -2.96. The number of esters is 1. The van der Waals surface area contributed by atoms with Crippen molar-refractivity contribution in [1.82, 2.24) is 4.90 Å². The van der Waals surface area contributed by atoms with Crippen molar-refractivity contribution in [3.8, 4) is 11.5 Å². The molecule has 1 amide bonds. The van der Waals surface area contributed by atoms with E-state index in [0.29, 0.717) is 28.6 Å². The van der Waals surface area contributed by atoms with Crippen molar-refractivity contribution in [3.63, 3.8) is 0 Å². The predicted molar refractivity (Wildman–Crippen MR) is 92.2 cm³/mol. The SMILES string of the molecule is COC(=O)c1cc(CN(C)C(=O)[C@H]2Oc3ccccc3O[C@@H]2C)oc1C. The first-order valence-electron chi connectivity index (χ1n) is 8.25. The third kappa shape index (κ3) is 3.37. The summed E-state index contributed by atoms with van der Waals surface area (Å²) in [5.74, 6) is 1.40. The fraction of sp³-hybridized carbons (Fsp3) is 0.368. The molecule has 2 atom stereocenters. The number of methoxy groups -OCH3 is 1. The number of para-hydroxylation sites is 2. The average molecular weight is 359 g/mol. The number of carbonyl (C=O) groups is 2. The molecule has 7 nitrogen and oxygen atoms in total. The minimum atomic E-state index is -0.758. The summed E-state index contributed by atoms with van der Waals surface area (Å²) in [4.78, 5) is 26.0. The molecule has 3 rings (SSSR count). The van der Waals surface area contributed by atoms with Gasteiger partial charge in [0.05, 0.1) is 13.7 Å². The van der Waals surface area contributed by atoms with Crippen LogP contribution in [0.5, 0.6) is 11.5 Å². The lowest BCUT2D eigenvalue weighted by atomic mass is 10.1. The van der Waals surface area contributed by atoms with Crippen LogP contribution in [0.25, 0.3) is 0 Å². The Balaban J connectivity index is 1.71. The molecule has 0 unspecified atom stereocenters. The number of benzene rings is 1. The fourth-order valence-corrected chi connectivity index (χ4v) is 2.85. The lowest BCUT2D eigenvalue weighted by molar-refractivity contribution is -0.143. The zero-order valence-electron chi connectivity index (χ0n) is 15.1. The number of likely N-dealkylation sites (N-methyl/N-ethyl adjacent to an activating group) is 1. The molecule has 0 saturated heterocycles. The molecule has 1 aliphatic heterocycles. The minimum Gasteiger partial charge on any atom is -0.482 e. The van der Waals surface area contributed by atoms with Gasteiger partial charge in [0, 0.05) is 7.05 Å². The lowest BCUT2D eigenvalue weighted by Gasteiger charge is -2.33. The summed E-state index contributed by atoms with van der Waals surface area (Å²) in [7, 11) is 2.96. The van der Waals surface area contributed by atoms with E-state index in [9.17, 15) is 9.59 Å². The molecule has 138 valence electrons. The molecular weight excluding hydrogens is 338 g/mol. The van der Waals surface area contributed by atoms with Gasteiger partial charge in [-0.15, -0.1) is 0 Å². The zero-order chi connectivity index (χ0) is 18.8. The van der Waals surface area contributed by atoms with Gasteiger partial charge in [-0.1, -0.05) is 12.1 Å². The van der Waals surface area contributed by atoms with E-state index >= 15 is 0 Å². The smallest absolute Gasteiger partial charge is 0.341 e. The van der Waals surface area contributed by atoms with E-state index in [1.54, 1.807) is 39.1 Å². The Bertz CT molecular complexity index is 827. The van der Waals surface area contributed by atoms with Crippen molar-refractivity contribution in [2.24, 2.45) is 0 Å². The Labute approximate surface area is 151 Å². The number of hydrogen-bond donors (Lipinski definition) is 0. The number of nitrogens with zero attached hydrogens (tertiary/aromatic N) is 1. The molecular formula is C19H21NO6. The predicted octanol–water partition coefficient (Wildman–Crippen LogP) is 2.56. The number of hydrogen-bond acceptors (Lipinski definition) is 6. The normalized spacial score (nSPS) is 18.3. The van der Waals surface area contributed by atoms with Gasteiger partial charge in [0.1, 0.15) is 23.2 Å². The van der Waals surface area contributed by atoms with Gasteiger partial charge in [-0.2, -0.15) is 0 Å². The minimum absolute atomic E-state index is 0.199. The van der Waals surface area contributed by atoms with Crippen LogP contribution in [0.4, 0.5) is 0 Å². The molecule has 0 bridgehead atoms. The standard InChI is InChI=1S/C19H21NO6/c1-11-14(19(22)23-4)9-13(24-11)10-20(3)18(21)17-12(2)25-15-7-5-6-8-16(15)26-17/h5-9,12,17H,10H2,1-4H3/t12-,17+/m1/s1. The van der Waals surface area contributed by atoms with Crippen LogP contribution in [-0.4, -0.2) is 43.1 Å². The lowest BCUT2D eigenvalue weighted by Crippen LogP contribution is -2.49. The highest BCUT2D eigenvalue weighted by Gasteiger charge is 2.36. The molecule has 1 aromatic carbocycles. The third-order valence-electron chi connectivity index (χ3n) is 4.23. The van der Waals surface area contributed by atoms with Crippen molar-refractivity contribution >= 4 is 11.9 Å². The highest BCUT2D eigenvalue weighted by Crippen LogP contribution is 2.34. The number of ether oxygens (including phenoxy) is 3. The molecule has 0 radical (unpaired) electrons. The van der Waals surface area contributed by atoms with E-state index in [1.807, 2.05) is 12.1 Å². The molecule has 2 heterocycles. The summed E-state index contributed by atoms with van der Waals surface area (Å²) in [5.41, 5.74) is 0.350. The molecule has 0 saturated carbocycles. The molecule has 2 aromatic rings. The second-order valence-electron chi connectivity index (χ2n) is 6.18. The van der Waals surface area contributed by atoms with Gasteiger partial charge < -0.3 is 23.5 Å². The van der Waals surface area contributed by atoms with E-state index in [-0.39, 0.29) is 12.5 Å². The first kappa shape index (κ1) is 17.8. The number of aryl methyl sites for hydroxylation is 1. The van der Waals surface area contributed by atoms with E-state index in [2.05, 4.69) is 0 Å². The summed E-state index contributed by atoms with van der Waals surface area (Å²) < 4.78 is 21.9. The summed E-state index contributed by atoms with van der Waals surface area (Å²) in [5, 5.41) is 0. The summed E-state index contributed by atoms with van der Waals surface area (Å²) in [6.07, 6.45) is -1.19. The Kier molecular flexibility index (Phi) is 4.88. The molecule has 1 aromatic heterocycles. The maximum absolute atomic E-state index is 12.8. The van der Waals surface area contributed by atoms with Crippen LogP contribution >= 0.6 is 0 Å². The van der Waals surface area contributed by atoms with Gasteiger partial charge in [0.2, 0.25) is 6.10 Å². The monoisotopic (exact) mass is 359 g/mol. The van der Waals surface area contributed by atoms with Gasteiger partial charge in [-0.05, 0) is 32.0 Å². The molecule has 0 spiro atoms. The molecule has 0 N–H and O–H groups in total. The Morgan fingerprint density at radius 2 is 1.85 bits per heavy atom. The summed E-state index contributed by atoms with van der Waals surface area (Å²) >= 11 is 0. The van der Waals surface area contributed by atoms with Crippen LogP contribution in [0.2, 0.25) is 0 Å². The second kappa shape index (κ2) is 7.11. The zero-order valence-corrected chi connectivity index (χ0v) is 15.1. The quantitative estimate of drug-likeness (QED) is 0.781. The van der Waals surface area contributed by atoms with Gasteiger partial charge in [-0.3, -0.25) is 4.79 Å². The largest absolute Gasteiger partial charge is 0.482 e. The van der Waals surface area contributed by atoms with Crippen LogP contribution < -0.4 is 9.47 Å². The molecule has 1 aliphatic rings. The highest BCUT2D eigenvalue weighted by atomic mass is 16.6. The third-order valence-corrected chi connectivity index (χ3v) is 4.23. The van der Waals surface area contributed by atoms with Crippen LogP contribution in [-0.2, 0) is 16.1 Å². The first-order chi connectivity index (χ1) is 12.4. The summed E-state index contributed by atoms with van der Waals surface area (Å²) in [6.45, 7) is 3.66. The number of fused-ring (bicyclic) bond motifs is 1. The molecule has 0 fully saturated rings. The number of carbonyl (C=O) groups excluding carboxylic acids is 2. The topological polar surface area (TPSA) is 78.2 Å². The maximum Gasteiger partial charge on any atom is 0.341 e. The van der Waals surface area contributed by atoms with Crippen molar-refractivity contribution < 1.29 is 28.2 Å². The van der Waals surface area contributed by atoms with E-state index in [0.717, 1.165) is 0 Å². The summed E-state index contributed by atoms with van der Waals surface area (Å²) in [6, 6.07) is 8.82. The van der Waals surface area contributed by atoms with Crippen LogP contribution in [0, 0.1) is 6.92 Å². The van der Waals surface area contributed by atoms with Crippen molar-refractivity contribution in [1.29, 1.82) is 0 Å². The maximum atomic E-state index is 12.8. The second-order valence-corrected chi connectivity index (χ2v) is 6.18. The number of rotatable bonds is 4. The van der Waals surface area contributed by atoms with Crippen molar-refractivity contribution in [3.05, 3.63) is 47.4 Å². The van der Waals surface area contributed by atoms with E-state index < -0.39 is 18.2 Å². The van der Waals surface area contributed by atoms with Gasteiger partial charge in [0.25, 0.3) is 5.91 Å². The van der Waals surface area contributed by atoms with Gasteiger partial charge >= 0.3 is 5.97 Å². The Morgan fingerprint density at radius 1 is 1.19 bits per heavy atom. The average Bonchev–Trinajstić information content (AvgIpc) is 2.99. The molecule has 0 aliphatic carbocycles. The number of amides is 1. The molecule has 7 heteroatoms. The van der Waals surface area contributed by atoms with Crippen LogP contribution in [0.1, 0.15) is 28.8 Å². The molecule has 26 heavy (non-hydrogen) atoms. The van der Waals surface area contributed by atoms with Crippen molar-refractivity contribution in [2.45, 2.75) is 32.6 Å². The fourth-order valence-electron chi connectivity index (χ4n) is 2.85. The first-order valence-corrected chi connectivity index (χ1v) is 8.25. The van der Waals surface area contributed by atoms with Crippen LogP contribution in [0.15, 0.2) is 34.7 Å². The van der Waals surface area contributed by atoms with Gasteiger partial charge in [-0.25, -0.2) is 4.79 Å². The van der Waals surface area contributed by atoms with E-state index in [1.165, 1.54) is 12.0 Å².